The first-order chi connectivity index (χ1) is 15.8. The number of rotatable bonds is 8. The third-order valence-electron chi connectivity index (χ3n) is 5.05. The number of esters is 1. The fourth-order valence-corrected chi connectivity index (χ4v) is 4.66. The lowest BCUT2D eigenvalue weighted by molar-refractivity contribution is -0.119. The highest BCUT2D eigenvalue weighted by atomic mass is 32.2. The van der Waals surface area contributed by atoms with E-state index in [1.165, 1.54) is 36.7 Å². The topological polar surface area (TPSA) is 120 Å². The molecule has 11 heteroatoms. The Morgan fingerprint density at radius 1 is 1.06 bits per heavy atom. The smallest absolute Gasteiger partial charge is 0.338 e. The summed E-state index contributed by atoms with van der Waals surface area (Å²) in [5.74, 6) is -0.478. The van der Waals surface area contributed by atoms with Gasteiger partial charge in [0.25, 0.3) is 5.91 Å². The molecule has 2 aromatic carbocycles. The summed E-state index contributed by atoms with van der Waals surface area (Å²) < 4.78 is 47.8. The first-order valence-electron chi connectivity index (χ1n) is 10.1. The monoisotopic (exact) mass is 478 g/mol. The van der Waals surface area contributed by atoms with Gasteiger partial charge in [0.1, 0.15) is 11.5 Å². The van der Waals surface area contributed by atoms with Crippen LogP contribution in [0.5, 0.6) is 11.5 Å². The number of carbonyl (C=O) groups excluding carboxylic acids is 2. The van der Waals surface area contributed by atoms with Crippen molar-refractivity contribution in [1.82, 2.24) is 4.31 Å². The van der Waals surface area contributed by atoms with Gasteiger partial charge in [0.2, 0.25) is 10.0 Å². The number of anilines is 1. The molecular weight excluding hydrogens is 452 g/mol. The van der Waals surface area contributed by atoms with E-state index in [0.29, 0.717) is 36.0 Å². The fraction of sp³-hybridized carbons (Fsp3) is 0.364. The molecule has 0 bridgehead atoms. The molecule has 1 aliphatic rings. The third kappa shape index (κ3) is 5.81. The zero-order valence-corrected chi connectivity index (χ0v) is 19.4. The van der Waals surface area contributed by atoms with Gasteiger partial charge in [-0.25, -0.2) is 13.2 Å². The number of nitrogens with zero attached hydrogens (tertiary/aromatic N) is 1. The molecule has 1 fully saturated rings. The summed E-state index contributed by atoms with van der Waals surface area (Å²) in [4.78, 5) is 24.9. The number of morpholine rings is 1. The van der Waals surface area contributed by atoms with Crippen molar-refractivity contribution in [2.24, 2.45) is 0 Å². The van der Waals surface area contributed by atoms with Crippen molar-refractivity contribution in [1.29, 1.82) is 0 Å². The molecule has 1 saturated heterocycles. The lowest BCUT2D eigenvalue weighted by Crippen LogP contribution is -2.40. The van der Waals surface area contributed by atoms with Crippen molar-refractivity contribution in [3.63, 3.8) is 0 Å². The Hall–Kier alpha value is -3.15. The van der Waals surface area contributed by atoms with Crippen LogP contribution in [-0.2, 0) is 24.3 Å². The molecule has 10 nitrogen and oxygen atoms in total. The number of hydrogen-bond donors (Lipinski definition) is 1. The van der Waals surface area contributed by atoms with E-state index in [-0.39, 0.29) is 23.5 Å². The Kier molecular flexibility index (Phi) is 7.90. The molecule has 33 heavy (non-hydrogen) atoms. The second-order valence-electron chi connectivity index (χ2n) is 7.18. The SMILES string of the molecule is COc1ccc(OC)c(NC(=O)COC(=O)c2cc(S(=O)(=O)N3CCOCC3)ccc2C)c1. The highest BCUT2D eigenvalue weighted by Crippen LogP contribution is 2.29. The number of methoxy groups -OCH3 is 2. The van der Waals surface area contributed by atoms with Crippen molar-refractivity contribution >= 4 is 27.6 Å². The lowest BCUT2D eigenvalue weighted by atomic mass is 10.1. The normalized spacial score (nSPS) is 14.4. The van der Waals surface area contributed by atoms with Crippen molar-refractivity contribution in [3.8, 4) is 11.5 Å². The van der Waals surface area contributed by atoms with Crippen molar-refractivity contribution in [2.75, 3.05) is 52.4 Å². The summed E-state index contributed by atoms with van der Waals surface area (Å²) in [5.41, 5.74) is 0.944. The van der Waals surface area contributed by atoms with Crippen LogP contribution in [0.25, 0.3) is 0 Å². The molecule has 0 atom stereocenters. The maximum absolute atomic E-state index is 12.9. The molecule has 1 aliphatic heterocycles. The molecule has 0 unspecified atom stereocenters. The van der Waals surface area contributed by atoms with Crippen molar-refractivity contribution < 1.29 is 37.0 Å². The van der Waals surface area contributed by atoms with E-state index in [2.05, 4.69) is 5.32 Å². The van der Waals surface area contributed by atoms with Crippen LogP contribution in [0.4, 0.5) is 5.69 Å². The van der Waals surface area contributed by atoms with Gasteiger partial charge in [-0.15, -0.1) is 0 Å². The minimum absolute atomic E-state index is 0.0208. The van der Waals surface area contributed by atoms with E-state index in [1.54, 1.807) is 25.1 Å². The molecule has 0 aromatic heterocycles. The molecule has 2 aromatic rings. The number of benzene rings is 2. The van der Waals surface area contributed by atoms with Crippen molar-refractivity contribution in [3.05, 3.63) is 47.5 Å². The van der Waals surface area contributed by atoms with Gasteiger partial charge in [0, 0.05) is 19.2 Å². The van der Waals surface area contributed by atoms with Crippen LogP contribution >= 0.6 is 0 Å². The molecule has 3 rings (SSSR count). The van der Waals surface area contributed by atoms with Gasteiger partial charge in [-0.2, -0.15) is 4.31 Å². The maximum atomic E-state index is 12.9. The van der Waals surface area contributed by atoms with Crippen LogP contribution in [0.1, 0.15) is 15.9 Å². The zero-order chi connectivity index (χ0) is 24.0. The fourth-order valence-electron chi connectivity index (χ4n) is 3.22. The highest BCUT2D eigenvalue weighted by molar-refractivity contribution is 7.89. The van der Waals surface area contributed by atoms with Gasteiger partial charge in [0.05, 0.1) is 43.6 Å². The summed E-state index contributed by atoms with van der Waals surface area (Å²) in [6.07, 6.45) is 0. The molecule has 0 spiro atoms. The van der Waals surface area contributed by atoms with E-state index in [1.807, 2.05) is 0 Å². The van der Waals surface area contributed by atoms with E-state index in [9.17, 15) is 18.0 Å². The Labute approximate surface area is 192 Å². The van der Waals surface area contributed by atoms with Crippen LogP contribution in [0, 0.1) is 6.92 Å². The van der Waals surface area contributed by atoms with Crippen LogP contribution in [0.2, 0.25) is 0 Å². The van der Waals surface area contributed by atoms with Crippen LogP contribution in [-0.4, -0.2) is 71.7 Å². The molecule has 0 radical (unpaired) electrons. The summed E-state index contributed by atoms with van der Waals surface area (Å²) in [5, 5.41) is 2.60. The van der Waals surface area contributed by atoms with Gasteiger partial charge in [-0.3, -0.25) is 4.79 Å². The third-order valence-corrected chi connectivity index (χ3v) is 6.95. The van der Waals surface area contributed by atoms with E-state index in [0.717, 1.165) is 0 Å². The second-order valence-corrected chi connectivity index (χ2v) is 9.12. The predicted octanol–water partition coefficient (Wildman–Crippen LogP) is 1.83. The predicted molar refractivity (Wildman–Crippen MR) is 119 cm³/mol. The molecule has 0 saturated carbocycles. The number of aryl methyl sites for hydroxylation is 1. The van der Waals surface area contributed by atoms with Gasteiger partial charge in [-0.05, 0) is 36.8 Å². The minimum atomic E-state index is -3.78. The summed E-state index contributed by atoms with van der Waals surface area (Å²) in [7, 11) is -0.833. The van der Waals surface area contributed by atoms with Gasteiger partial charge >= 0.3 is 5.97 Å². The quantitative estimate of drug-likeness (QED) is 0.571. The largest absolute Gasteiger partial charge is 0.497 e. The van der Waals surface area contributed by atoms with Crippen LogP contribution < -0.4 is 14.8 Å². The van der Waals surface area contributed by atoms with Gasteiger partial charge in [-0.1, -0.05) is 6.07 Å². The first-order valence-corrected chi connectivity index (χ1v) is 11.6. The van der Waals surface area contributed by atoms with Crippen LogP contribution in [0.15, 0.2) is 41.3 Å². The lowest BCUT2D eigenvalue weighted by Gasteiger charge is -2.26. The molecule has 178 valence electrons. The maximum Gasteiger partial charge on any atom is 0.338 e. The molecule has 1 N–H and O–H groups in total. The average molecular weight is 479 g/mol. The van der Waals surface area contributed by atoms with E-state index in [4.69, 9.17) is 18.9 Å². The number of nitrogens with one attached hydrogen (secondary N) is 1. The van der Waals surface area contributed by atoms with Crippen molar-refractivity contribution in [2.45, 2.75) is 11.8 Å². The molecule has 1 heterocycles. The molecular formula is C22H26N2O8S. The number of carbonyl (C=O) groups is 2. The zero-order valence-electron chi connectivity index (χ0n) is 18.6. The summed E-state index contributed by atoms with van der Waals surface area (Å²) in [6.45, 7) is 2.19. The first kappa shape index (κ1) is 24.5. The second kappa shape index (κ2) is 10.6. The van der Waals surface area contributed by atoms with Gasteiger partial charge < -0.3 is 24.3 Å². The number of sulfonamides is 1. The Morgan fingerprint density at radius 3 is 2.45 bits per heavy atom. The molecule has 1 amide bonds. The van der Waals surface area contributed by atoms with E-state index >= 15 is 0 Å². The highest BCUT2D eigenvalue weighted by Gasteiger charge is 2.27. The number of ether oxygens (including phenoxy) is 4. The Balaban J connectivity index is 1.69. The number of hydrogen-bond acceptors (Lipinski definition) is 8. The van der Waals surface area contributed by atoms with E-state index < -0.39 is 28.5 Å². The minimum Gasteiger partial charge on any atom is -0.497 e. The molecule has 0 aliphatic carbocycles. The Bertz CT molecular complexity index is 1130. The Morgan fingerprint density at radius 2 is 1.79 bits per heavy atom. The standard InChI is InChI=1S/C22H26N2O8S/c1-15-4-6-17(33(27,28)24-8-10-31-11-9-24)13-18(15)22(26)32-14-21(25)23-19-12-16(29-2)5-7-20(19)30-3/h4-7,12-13H,8-11,14H2,1-3H3,(H,23,25). The summed E-state index contributed by atoms with van der Waals surface area (Å²) >= 11 is 0. The van der Waals surface area contributed by atoms with Gasteiger partial charge in [0.15, 0.2) is 6.61 Å². The average Bonchev–Trinajstić information content (AvgIpc) is 2.83. The van der Waals surface area contributed by atoms with Crippen LogP contribution in [0.3, 0.4) is 0 Å². The summed E-state index contributed by atoms with van der Waals surface area (Å²) in [6, 6.07) is 9.12. The number of amides is 1.